The Labute approximate surface area is 180 Å². The third-order valence-electron chi connectivity index (χ3n) is 4.78. The van der Waals surface area contributed by atoms with Crippen LogP contribution in [0, 0.1) is 0 Å². The maximum Gasteiger partial charge on any atom is 0.259 e. The smallest absolute Gasteiger partial charge is 0.259 e. The minimum Gasteiger partial charge on any atom is -0.483 e. The Bertz CT molecular complexity index is 1070. The van der Waals surface area contributed by atoms with Crippen molar-refractivity contribution >= 4 is 34.3 Å². The van der Waals surface area contributed by atoms with Crippen LogP contribution in [0.15, 0.2) is 54.6 Å². The Hall–Kier alpha value is -3.12. The van der Waals surface area contributed by atoms with Gasteiger partial charge in [0.25, 0.3) is 11.8 Å². The minimum absolute atomic E-state index is 0.0609. The number of halogens is 1. The van der Waals surface area contributed by atoms with Gasteiger partial charge in [-0.25, -0.2) is 4.98 Å². The van der Waals surface area contributed by atoms with Crippen molar-refractivity contribution in [1.82, 2.24) is 15.2 Å². The second-order valence-electron chi connectivity index (χ2n) is 7.09. The van der Waals surface area contributed by atoms with Crippen molar-refractivity contribution in [2.24, 2.45) is 0 Å². The van der Waals surface area contributed by atoms with E-state index in [1.807, 2.05) is 31.2 Å². The number of carbonyl (C=O) groups excluding carboxylic acids is 2. The van der Waals surface area contributed by atoms with E-state index in [1.165, 1.54) is 4.90 Å². The third kappa shape index (κ3) is 5.07. The zero-order chi connectivity index (χ0) is 21.7. The first-order valence-electron chi connectivity index (χ1n) is 9.68. The van der Waals surface area contributed by atoms with Gasteiger partial charge in [0.1, 0.15) is 10.9 Å². The first-order chi connectivity index (χ1) is 14.4. The molecule has 1 heterocycles. The molecule has 0 aliphatic heterocycles. The molecular weight excluding hydrogens is 402 g/mol. The van der Waals surface area contributed by atoms with Crippen LogP contribution in [0.5, 0.6) is 5.75 Å². The number of ether oxygens (including phenoxy) is 1. The molecule has 0 aliphatic rings. The highest BCUT2D eigenvalue weighted by molar-refractivity contribution is 6.29. The van der Waals surface area contributed by atoms with Crippen molar-refractivity contribution in [1.29, 1.82) is 0 Å². The quantitative estimate of drug-likeness (QED) is 0.575. The molecule has 0 fully saturated rings. The van der Waals surface area contributed by atoms with Crippen LogP contribution in [0.3, 0.4) is 0 Å². The molecule has 3 rings (SSSR count). The van der Waals surface area contributed by atoms with Gasteiger partial charge in [0.2, 0.25) is 0 Å². The Morgan fingerprint density at radius 1 is 1.13 bits per heavy atom. The molecule has 1 aromatic heterocycles. The fourth-order valence-electron chi connectivity index (χ4n) is 3.05. The van der Waals surface area contributed by atoms with Crippen LogP contribution in [0.25, 0.3) is 10.9 Å². The highest BCUT2D eigenvalue weighted by atomic mass is 35.5. The van der Waals surface area contributed by atoms with Crippen LogP contribution in [-0.2, 0) is 4.79 Å². The van der Waals surface area contributed by atoms with Gasteiger partial charge in [0.15, 0.2) is 6.61 Å². The van der Waals surface area contributed by atoms with Crippen LogP contribution in [-0.4, -0.2) is 42.4 Å². The second-order valence-corrected chi connectivity index (χ2v) is 7.48. The van der Waals surface area contributed by atoms with Gasteiger partial charge in [0.05, 0.1) is 11.6 Å². The van der Waals surface area contributed by atoms with Gasteiger partial charge in [-0.15, -0.1) is 0 Å². The number of pyridine rings is 1. The maximum absolute atomic E-state index is 12.9. The van der Waals surface area contributed by atoms with Crippen molar-refractivity contribution in [3.63, 3.8) is 0 Å². The molecule has 3 aromatic rings. The van der Waals surface area contributed by atoms with E-state index in [4.69, 9.17) is 16.3 Å². The lowest BCUT2D eigenvalue weighted by Gasteiger charge is -2.21. The standard InChI is InChI=1S/C23H24ClN3O3/c1-4-18(17-7-5-6-8-20(17)30-14-22(28)27(2)3)26-23(29)16-9-11-19-15(13-16)10-12-21(24)25-19/h5-13,18H,4,14H2,1-3H3,(H,26,29). The highest BCUT2D eigenvalue weighted by Crippen LogP contribution is 2.28. The molecule has 7 heteroatoms. The molecule has 0 saturated heterocycles. The lowest BCUT2D eigenvalue weighted by molar-refractivity contribution is -0.130. The summed E-state index contributed by atoms with van der Waals surface area (Å²) in [6, 6.07) is 16.0. The van der Waals surface area contributed by atoms with E-state index in [2.05, 4.69) is 10.3 Å². The van der Waals surface area contributed by atoms with E-state index in [0.717, 1.165) is 16.5 Å². The average Bonchev–Trinajstić information content (AvgIpc) is 2.75. The Kier molecular flexibility index (Phi) is 6.90. The number of para-hydroxylation sites is 1. The van der Waals surface area contributed by atoms with E-state index in [0.29, 0.717) is 22.9 Å². The number of amides is 2. The summed E-state index contributed by atoms with van der Waals surface area (Å²) in [5, 5.41) is 4.32. The summed E-state index contributed by atoms with van der Waals surface area (Å²) in [5.41, 5.74) is 2.09. The SMILES string of the molecule is CCC(NC(=O)c1ccc2nc(Cl)ccc2c1)c1ccccc1OCC(=O)N(C)C. The molecule has 2 amide bonds. The molecule has 2 aromatic carbocycles. The van der Waals surface area contributed by atoms with Crippen LogP contribution in [0.2, 0.25) is 5.15 Å². The first-order valence-corrected chi connectivity index (χ1v) is 10.1. The summed E-state index contributed by atoms with van der Waals surface area (Å²) in [4.78, 5) is 30.5. The van der Waals surface area contributed by atoms with Crippen molar-refractivity contribution in [2.45, 2.75) is 19.4 Å². The zero-order valence-electron chi connectivity index (χ0n) is 17.2. The topological polar surface area (TPSA) is 71.5 Å². The molecule has 0 bridgehead atoms. The van der Waals surface area contributed by atoms with Crippen molar-refractivity contribution in [3.05, 3.63) is 70.9 Å². The van der Waals surface area contributed by atoms with Gasteiger partial charge < -0.3 is 15.0 Å². The highest BCUT2D eigenvalue weighted by Gasteiger charge is 2.19. The van der Waals surface area contributed by atoms with E-state index >= 15 is 0 Å². The molecule has 0 aliphatic carbocycles. The maximum atomic E-state index is 12.9. The normalized spacial score (nSPS) is 11.7. The van der Waals surface area contributed by atoms with Crippen molar-refractivity contribution in [3.8, 4) is 5.75 Å². The second kappa shape index (κ2) is 9.59. The first kappa shape index (κ1) is 21.6. The lowest BCUT2D eigenvalue weighted by atomic mass is 10.0. The Morgan fingerprint density at radius 3 is 2.63 bits per heavy atom. The lowest BCUT2D eigenvalue weighted by Crippen LogP contribution is -2.30. The molecular formula is C23H24ClN3O3. The summed E-state index contributed by atoms with van der Waals surface area (Å²) >= 11 is 5.93. The summed E-state index contributed by atoms with van der Waals surface area (Å²) in [7, 11) is 3.36. The number of aromatic nitrogens is 1. The molecule has 1 atom stereocenters. The number of rotatable bonds is 7. The summed E-state index contributed by atoms with van der Waals surface area (Å²) in [6.45, 7) is 1.92. The number of nitrogens with zero attached hydrogens (tertiary/aromatic N) is 2. The van der Waals surface area contributed by atoms with Gasteiger partial charge in [0, 0.05) is 30.6 Å². The molecule has 156 valence electrons. The van der Waals surface area contributed by atoms with Crippen molar-refractivity contribution < 1.29 is 14.3 Å². The number of likely N-dealkylation sites (N-methyl/N-ethyl adjacent to an activating group) is 1. The van der Waals surface area contributed by atoms with Crippen LogP contribution in [0.1, 0.15) is 35.3 Å². The van der Waals surface area contributed by atoms with E-state index < -0.39 is 0 Å². The average molecular weight is 426 g/mol. The van der Waals surface area contributed by atoms with E-state index in [1.54, 1.807) is 44.4 Å². The fourth-order valence-corrected chi connectivity index (χ4v) is 3.21. The van der Waals surface area contributed by atoms with Gasteiger partial charge >= 0.3 is 0 Å². The molecule has 30 heavy (non-hydrogen) atoms. The monoisotopic (exact) mass is 425 g/mol. The number of hydrogen-bond acceptors (Lipinski definition) is 4. The predicted molar refractivity (Wildman–Crippen MR) is 118 cm³/mol. The Morgan fingerprint density at radius 2 is 1.90 bits per heavy atom. The summed E-state index contributed by atoms with van der Waals surface area (Å²) < 4.78 is 5.74. The Balaban J connectivity index is 1.79. The van der Waals surface area contributed by atoms with E-state index in [-0.39, 0.29) is 24.5 Å². The van der Waals surface area contributed by atoms with Gasteiger partial charge in [-0.2, -0.15) is 0 Å². The molecule has 1 N–H and O–H groups in total. The summed E-state index contributed by atoms with van der Waals surface area (Å²) in [5.74, 6) is 0.252. The number of nitrogens with one attached hydrogen (secondary N) is 1. The van der Waals surface area contributed by atoms with Crippen LogP contribution >= 0.6 is 11.6 Å². The molecule has 1 unspecified atom stereocenters. The number of benzene rings is 2. The van der Waals surface area contributed by atoms with Crippen LogP contribution < -0.4 is 10.1 Å². The molecule has 0 radical (unpaired) electrons. The van der Waals surface area contributed by atoms with Gasteiger partial charge in [-0.1, -0.05) is 36.7 Å². The van der Waals surface area contributed by atoms with Crippen molar-refractivity contribution in [2.75, 3.05) is 20.7 Å². The fraction of sp³-hybridized carbons (Fsp3) is 0.261. The van der Waals surface area contributed by atoms with Gasteiger partial charge in [-0.05, 0) is 42.8 Å². The molecule has 0 spiro atoms. The number of carbonyl (C=O) groups is 2. The predicted octanol–water partition coefficient (Wildman–Crippen LogP) is 4.24. The third-order valence-corrected chi connectivity index (χ3v) is 4.99. The number of fused-ring (bicyclic) bond motifs is 1. The minimum atomic E-state index is -0.262. The summed E-state index contributed by atoms with van der Waals surface area (Å²) in [6.07, 6.45) is 0.665. The van der Waals surface area contributed by atoms with Gasteiger partial charge in [-0.3, -0.25) is 9.59 Å². The van der Waals surface area contributed by atoms with E-state index in [9.17, 15) is 9.59 Å². The molecule has 6 nitrogen and oxygen atoms in total. The largest absolute Gasteiger partial charge is 0.483 e. The van der Waals surface area contributed by atoms with Crippen LogP contribution in [0.4, 0.5) is 0 Å². The molecule has 0 saturated carbocycles. The zero-order valence-corrected chi connectivity index (χ0v) is 17.9. The number of hydrogen-bond donors (Lipinski definition) is 1.